The number of nitrogens with zero attached hydrogens (tertiary/aromatic N) is 1. The SMILES string of the molecule is CCNCc1ccc(CN2CCC(OC)CC2)o1. The highest BCUT2D eigenvalue weighted by Crippen LogP contribution is 2.17. The molecular weight excluding hydrogens is 228 g/mol. The molecule has 4 nitrogen and oxygen atoms in total. The van der Waals surface area contributed by atoms with Crippen LogP contribution in [0.5, 0.6) is 0 Å². The van der Waals surface area contributed by atoms with Gasteiger partial charge in [-0.1, -0.05) is 6.92 Å². The van der Waals surface area contributed by atoms with E-state index in [4.69, 9.17) is 9.15 Å². The zero-order chi connectivity index (χ0) is 12.8. The molecule has 0 saturated carbocycles. The monoisotopic (exact) mass is 252 g/mol. The maximum absolute atomic E-state index is 5.81. The van der Waals surface area contributed by atoms with Crippen molar-refractivity contribution < 1.29 is 9.15 Å². The van der Waals surface area contributed by atoms with Gasteiger partial charge in [-0.15, -0.1) is 0 Å². The summed E-state index contributed by atoms with van der Waals surface area (Å²) in [6.45, 7) is 7.01. The molecule has 0 unspecified atom stereocenters. The Bertz CT molecular complexity index is 343. The van der Waals surface area contributed by atoms with Gasteiger partial charge in [0.1, 0.15) is 11.5 Å². The average molecular weight is 252 g/mol. The molecule has 0 amide bonds. The lowest BCUT2D eigenvalue weighted by Crippen LogP contribution is -2.36. The Morgan fingerprint density at radius 2 is 2.06 bits per heavy atom. The van der Waals surface area contributed by atoms with Gasteiger partial charge in [0, 0.05) is 20.2 Å². The lowest BCUT2D eigenvalue weighted by Gasteiger charge is -2.30. The van der Waals surface area contributed by atoms with Crippen LogP contribution in [-0.4, -0.2) is 37.7 Å². The fourth-order valence-electron chi connectivity index (χ4n) is 2.37. The van der Waals surface area contributed by atoms with Crippen molar-refractivity contribution in [2.24, 2.45) is 0 Å². The van der Waals surface area contributed by atoms with Gasteiger partial charge in [-0.05, 0) is 31.5 Å². The molecule has 1 aromatic heterocycles. The van der Waals surface area contributed by atoms with E-state index in [0.717, 1.165) is 57.1 Å². The van der Waals surface area contributed by atoms with Crippen LogP contribution in [0.4, 0.5) is 0 Å². The Labute approximate surface area is 109 Å². The maximum Gasteiger partial charge on any atom is 0.118 e. The zero-order valence-electron chi connectivity index (χ0n) is 11.4. The summed E-state index contributed by atoms with van der Waals surface area (Å²) in [6, 6.07) is 4.16. The van der Waals surface area contributed by atoms with Gasteiger partial charge < -0.3 is 14.5 Å². The van der Waals surface area contributed by atoms with Crippen molar-refractivity contribution >= 4 is 0 Å². The first-order valence-electron chi connectivity index (χ1n) is 6.85. The first-order chi connectivity index (χ1) is 8.81. The Kier molecular flexibility index (Phi) is 5.23. The van der Waals surface area contributed by atoms with Gasteiger partial charge >= 0.3 is 0 Å². The average Bonchev–Trinajstić information content (AvgIpc) is 2.85. The molecule has 1 saturated heterocycles. The zero-order valence-corrected chi connectivity index (χ0v) is 11.4. The molecule has 0 bridgehead atoms. The number of nitrogens with one attached hydrogen (secondary N) is 1. The van der Waals surface area contributed by atoms with Crippen molar-refractivity contribution in [3.8, 4) is 0 Å². The van der Waals surface area contributed by atoms with Gasteiger partial charge in [0.25, 0.3) is 0 Å². The quantitative estimate of drug-likeness (QED) is 0.840. The van der Waals surface area contributed by atoms with E-state index in [1.807, 2.05) is 0 Å². The molecule has 1 N–H and O–H groups in total. The Morgan fingerprint density at radius 3 is 2.72 bits per heavy atom. The number of hydrogen-bond donors (Lipinski definition) is 1. The predicted octanol–water partition coefficient (Wildman–Crippen LogP) is 2.00. The third-order valence-corrected chi connectivity index (χ3v) is 3.51. The van der Waals surface area contributed by atoms with Gasteiger partial charge in [0.05, 0.1) is 19.2 Å². The van der Waals surface area contributed by atoms with Crippen molar-refractivity contribution in [2.75, 3.05) is 26.7 Å². The number of piperidine rings is 1. The molecule has 0 radical (unpaired) electrons. The van der Waals surface area contributed by atoms with Crippen molar-refractivity contribution in [3.05, 3.63) is 23.7 Å². The van der Waals surface area contributed by atoms with Crippen molar-refractivity contribution in [3.63, 3.8) is 0 Å². The molecule has 1 aliphatic rings. The molecule has 102 valence electrons. The summed E-state index contributed by atoms with van der Waals surface area (Å²) < 4.78 is 11.2. The molecule has 1 fully saturated rings. The van der Waals surface area contributed by atoms with Crippen LogP contribution < -0.4 is 5.32 Å². The van der Waals surface area contributed by atoms with Crippen LogP contribution in [0.3, 0.4) is 0 Å². The Hall–Kier alpha value is -0.840. The van der Waals surface area contributed by atoms with Crippen molar-refractivity contribution in [2.45, 2.75) is 39.0 Å². The van der Waals surface area contributed by atoms with E-state index in [1.54, 1.807) is 7.11 Å². The fraction of sp³-hybridized carbons (Fsp3) is 0.714. The largest absolute Gasteiger partial charge is 0.463 e. The molecule has 0 aromatic carbocycles. The number of ether oxygens (including phenoxy) is 1. The molecule has 18 heavy (non-hydrogen) atoms. The van der Waals surface area contributed by atoms with E-state index in [-0.39, 0.29) is 0 Å². The summed E-state index contributed by atoms with van der Waals surface area (Å²) >= 11 is 0. The fourth-order valence-corrected chi connectivity index (χ4v) is 2.37. The molecule has 1 aromatic rings. The Balaban J connectivity index is 1.77. The highest BCUT2D eigenvalue weighted by atomic mass is 16.5. The molecule has 4 heteroatoms. The topological polar surface area (TPSA) is 37.6 Å². The second kappa shape index (κ2) is 6.92. The second-order valence-corrected chi connectivity index (χ2v) is 4.86. The summed E-state index contributed by atoms with van der Waals surface area (Å²) in [5.41, 5.74) is 0. The molecule has 0 aliphatic carbocycles. The van der Waals surface area contributed by atoms with Gasteiger partial charge in [-0.25, -0.2) is 0 Å². The van der Waals surface area contributed by atoms with Crippen molar-refractivity contribution in [1.29, 1.82) is 0 Å². The van der Waals surface area contributed by atoms with E-state index in [0.29, 0.717) is 6.10 Å². The minimum atomic E-state index is 0.446. The van der Waals surface area contributed by atoms with Crippen LogP contribution in [0.15, 0.2) is 16.5 Å². The van der Waals surface area contributed by atoms with Crippen LogP contribution in [0, 0.1) is 0 Å². The molecule has 2 rings (SSSR count). The first kappa shape index (κ1) is 13.6. The number of furan rings is 1. The summed E-state index contributed by atoms with van der Waals surface area (Å²) in [5, 5.41) is 3.27. The summed E-state index contributed by atoms with van der Waals surface area (Å²) in [5.74, 6) is 2.09. The minimum absolute atomic E-state index is 0.446. The molecule has 0 spiro atoms. The third kappa shape index (κ3) is 3.83. The van der Waals surface area contributed by atoms with E-state index in [1.165, 1.54) is 0 Å². The smallest absolute Gasteiger partial charge is 0.118 e. The van der Waals surface area contributed by atoms with Crippen LogP contribution in [0.25, 0.3) is 0 Å². The van der Waals surface area contributed by atoms with E-state index >= 15 is 0 Å². The van der Waals surface area contributed by atoms with E-state index < -0.39 is 0 Å². The van der Waals surface area contributed by atoms with Crippen LogP contribution in [0.1, 0.15) is 31.3 Å². The lowest BCUT2D eigenvalue weighted by molar-refractivity contribution is 0.0369. The van der Waals surface area contributed by atoms with Gasteiger partial charge in [0.2, 0.25) is 0 Å². The summed E-state index contributed by atoms with van der Waals surface area (Å²) in [6.07, 6.45) is 2.70. The van der Waals surface area contributed by atoms with Gasteiger partial charge in [0.15, 0.2) is 0 Å². The molecule has 0 atom stereocenters. The minimum Gasteiger partial charge on any atom is -0.463 e. The highest BCUT2D eigenvalue weighted by molar-refractivity contribution is 5.07. The lowest BCUT2D eigenvalue weighted by atomic mass is 10.1. The predicted molar refractivity (Wildman–Crippen MR) is 71.4 cm³/mol. The van der Waals surface area contributed by atoms with Crippen LogP contribution in [0.2, 0.25) is 0 Å². The van der Waals surface area contributed by atoms with E-state index in [2.05, 4.69) is 29.3 Å². The number of rotatable bonds is 6. The second-order valence-electron chi connectivity index (χ2n) is 4.86. The summed E-state index contributed by atoms with van der Waals surface area (Å²) in [4.78, 5) is 2.44. The normalized spacial score (nSPS) is 18.3. The number of hydrogen-bond acceptors (Lipinski definition) is 4. The molecular formula is C14H24N2O2. The van der Waals surface area contributed by atoms with Gasteiger partial charge in [-0.3, -0.25) is 4.90 Å². The summed E-state index contributed by atoms with van der Waals surface area (Å²) in [7, 11) is 1.81. The van der Waals surface area contributed by atoms with Crippen LogP contribution in [-0.2, 0) is 17.8 Å². The van der Waals surface area contributed by atoms with E-state index in [9.17, 15) is 0 Å². The third-order valence-electron chi connectivity index (χ3n) is 3.51. The van der Waals surface area contributed by atoms with Crippen molar-refractivity contribution in [1.82, 2.24) is 10.2 Å². The van der Waals surface area contributed by atoms with Gasteiger partial charge in [-0.2, -0.15) is 0 Å². The first-order valence-corrected chi connectivity index (χ1v) is 6.85. The van der Waals surface area contributed by atoms with Crippen LogP contribution >= 0.6 is 0 Å². The maximum atomic E-state index is 5.81. The molecule has 1 aliphatic heterocycles. The Morgan fingerprint density at radius 1 is 1.33 bits per heavy atom. The highest BCUT2D eigenvalue weighted by Gasteiger charge is 2.19. The molecule has 2 heterocycles. The number of likely N-dealkylation sites (tertiary alicyclic amines) is 1. The standard InChI is InChI=1S/C14H24N2O2/c1-3-15-10-13-4-5-14(18-13)11-16-8-6-12(17-2)7-9-16/h4-5,12,15H,3,6-11H2,1-2H3. The number of methoxy groups -OCH3 is 1.